The predicted octanol–water partition coefficient (Wildman–Crippen LogP) is 6.23. The molecule has 6 heteroatoms. The van der Waals surface area contributed by atoms with Crippen molar-refractivity contribution in [1.29, 1.82) is 0 Å². The van der Waals surface area contributed by atoms with Crippen LogP contribution in [0, 0.1) is 0 Å². The number of H-pyrrole nitrogens is 3. The van der Waals surface area contributed by atoms with Gasteiger partial charge in [-0.15, -0.1) is 0 Å². The Morgan fingerprint density at radius 2 is 1.03 bits per heavy atom. The molecule has 4 aromatic heterocycles. The third kappa shape index (κ3) is 5.17. The van der Waals surface area contributed by atoms with Crippen LogP contribution in [-0.2, 0) is 23.5 Å². The van der Waals surface area contributed by atoms with Gasteiger partial charge in [0.05, 0.1) is 22.8 Å². The van der Waals surface area contributed by atoms with Gasteiger partial charge in [0.25, 0.3) is 0 Å². The van der Waals surface area contributed by atoms with Crippen molar-refractivity contribution in [2.45, 2.75) is 13.3 Å². The van der Waals surface area contributed by atoms with E-state index in [1.54, 1.807) is 0 Å². The molecule has 0 saturated carbocycles. The molecule has 0 saturated heterocycles. The molecule has 3 N–H and O–H groups in total. The molecule has 32 heavy (non-hydrogen) atoms. The monoisotopic (exact) mass is 468 g/mol. The van der Waals surface area contributed by atoms with Gasteiger partial charge in [-0.2, -0.15) is 0 Å². The number of hydrogen-bond acceptors (Lipinski definition) is 2. The van der Waals surface area contributed by atoms with Crippen LogP contribution in [0.2, 0.25) is 0 Å². The molecule has 0 amide bonds. The predicted molar refractivity (Wildman–Crippen MR) is 129 cm³/mol. The van der Waals surface area contributed by atoms with Crippen molar-refractivity contribution in [1.82, 2.24) is 24.9 Å². The second-order valence-electron chi connectivity index (χ2n) is 7.45. The van der Waals surface area contributed by atoms with Gasteiger partial charge >= 0.3 is 0 Å². The van der Waals surface area contributed by atoms with E-state index in [1.165, 1.54) is 5.69 Å². The van der Waals surface area contributed by atoms with Gasteiger partial charge in [-0.1, -0.05) is 6.92 Å². The molecule has 5 nitrogen and oxygen atoms in total. The van der Waals surface area contributed by atoms with E-state index in [2.05, 4.69) is 62.2 Å². The normalized spacial score (nSPS) is 11.5. The Hall–Kier alpha value is -3.60. The van der Waals surface area contributed by atoms with Crippen LogP contribution in [0.25, 0.3) is 46.4 Å². The molecule has 0 aromatic carbocycles. The minimum atomic E-state index is 0. The quantitative estimate of drug-likeness (QED) is 0.250. The second kappa shape index (κ2) is 9.69. The fourth-order valence-corrected chi connectivity index (χ4v) is 3.53. The van der Waals surface area contributed by atoms with Gasteiger partial charge in [-0.25, -0.2) is 9.97 Å². The molecule has 8 bridgehead atoms. The first kappa shape index (κ1) is 21.6. The van der Waals surface area contributed by atoms with Crippen molar-refractivity contribution >= 4 is 46.4 Å². The fourth-order valence-electron chi connectivity index (χ4n) is 3.53. The van der Waals surface area contributed by atoms with E-state index in [0.29, 0.717) is 0 Å². The molecular formula is C26H23CuN5. The Morgan fingerprint density at radius 1 is 0.625 bits per heavy atom. The molecule has 4 aromatic rings. The van der Waals surface area contributed by atoms with Crippen LogP contribution in [0.15, 0.2) is 66.9 Å². The summed E-state index contributed by atoms with van der Waals surface area (Å²) in [5.74, 6) is 0. The number of aromatic amines is 3. The molecule has 0 atom stereocenters. The molecule has 0 fully saturated rings. The first-order valence-corrected chi connectivity index (χ1v) is 10.4. The number of hydrogen-bond donors (Lipinski definition) is 3. The average Bonchev–Trinajstić information content (AvgIpc) is 3.57. The van der Waals surface area contributed by atoms with E-state index in [1.807, 2.05) is 60.8 Å². The molecule has 0 aliphatic carbocycles. The third-order valence-electron chi connectivity index (χ3n) is 5.09. The van der Waals surface area contributed by atoms with E-state index in [0.717, 1.165) is 51.3 Å². The number of fused-ring (bicyclic) bond motifs is 8. The van der Waals surface area contributed by atoms with Crippen molar-refractivity contribution in [2.24, 2.45) is 0 Å². The summed E-state index contributed by atoms with van der Waals surface area (Å²) in [5.41, 5.74) is 9.17. The molecule has 0 unspecified atom stereocenters. The van der Waals surface area contributed by atoms with Gasteiger partial charge in [0, 0.05) is 51.0 Å². The summed E-state index contributed by atoms with van der Waals surface area (Å²) in [4.78, 5) is 19.1. The third-order valence-corrected chi connectivity index (χ3v) is 5.09. The maximum atomic E-state index is 4.63. The summed E-state index contributed by atoms with van der Waals surface area (Å²) in [5, 5.41) is 0. The van der Waals surface area contributed by atoms with Gasteiger partial charge in [0.2, 0.25) is 0 Å². The summed E-state index contributed by atoms with van der Waals surface area (Å²) in [6.45, 7) is 2.13. The molecule has 2 aliphatic heterocycles. The Morgan fingerprint density at radius 3 is 1.31 bits per heavy atom. The first-order valence-electron chi connectivity index (χ1n) is 10.4. The molecule has 2 aliphatic rings. The van der Waals surface area contributed by atoms with Crippen molar-refractivity contribution < 1.29 is 17.1 Å². The summed E-state index contributed by atoms with van der Waals surface area (Å²) >= 11 is 0. The van der Waals surface area contributed by atoms with Crippen LogP contribution in [0.5, 0.6) is 0 Å². The summed E-state index contributed by atoms with van der Waals surface area (Å²) in [7, 11) is 0. The van der Waals surface area contributed by atoms with Crippen LogP contribution < -0.4 is 0 Å². The Kier molecular flexibility index (Phi) is 6.55. The summed E-state index contributed by atoms with van der Waals surface area (Å²) in [6.07, 6.45) is 11.1. The van der Waals surface area contributed by atoms with E-state index >= 15 is 0 Å². The van der Waals surface area contributed by atoms with Crippen molar-refractivity contribution in [3.8, 4) is 0 Å². The fraction of sp³-hybridized carbons (Fsp3) is 0.0769. The smallest absolute Gasteiger partial charge is 0.0658 e. The maximum Gasteiger partial charge on any atom is 0.0658 e. The zero-order chi connectivity index (χ0) is 21.0. The van der Waals surface area contributed by atoms with E-state index in [9.17, 15) is 0 Å². The number of aryl methyl sites for hydroxylation is 1. The molecule has 6 heterocycles. The first-order chi connectivity index (χ1) is 15.2. The van der Waals surface area contributed by atoms with Crippen LogP contribution >= 0.6 is 0 Å². The van der Waals surface area contributed by atoms with Gasteiger partial charge in [-0.05, 0) is 91.4 Å². The molecule has 0 spiro atoms. The number of aromatic nitrogens is 5. The van der Waals surface area contributed by atoms with E-state index in [-0.39, 0.29) is 17.1 Å². The van der Waals surface area contributed by atoms with Crippen molar-refractivity contribution in [3.63, 3.8) is 0 Å². The van der Waals surface area contributed by atoms with Crippen molar-refractivity contribution in [2.75, 3.05) is 0 Å². The minimum Gasteiger partial charge on any atom is -0.365 e. The van der Waals surface area contributed by atoms with Crippen molar-refractivity contribution in [3.05, 3.63) is 95.3 Å². The Labute approximate surface area is 196 Å². The summed E-state index contributed by atoms with van der Waals surface area (Å²) < 4.78 is 0. The van der Waals surface area contributed by atoms with E-state index < -0.39 is 0 Å². The largest absolute Gasteiger partial charge is 0.365 e. The van der Waals surface area contributed by atoms with E-state index in [4.69, 9.17) is 0 Å². The maximum absolute atomic E-state index is 4.63. The topological polar surface area (TPSA) is 73.2 Å². The standard InChI is InChI=1S/C20H14N4.C6H9N.Cu/c1-2-14-10-16-5-6-18(23-16)12-20-8-7-19(24-20)11-17-4-3-15(22-17)9-13(1)21-14;1-2-6-4-3-5-7-6;/h1-12,21,24H;3-5,7H,2H2,1H3;. The minimum absolute atomic E-state index is 0. The van der Waals surface area contributed by atoms with Gasteiger partial charge in [0.15, 0.2) is 0 Å². The Balaban J connectivity index is 0.000000265. The number of nitrogens with zero attached hydrogens (tertiary/aromatic N) is 2. The number of rotatable bonds is 1. The van der Waals surface area contributed by atoms with Crippen LogP contribution in [0.3, 0.4) is 0 Å². The van der Waals surface area contributed by atoms with Gasteiger partial charge < -0.3 is 15.0 Å². The Bertz CT molecular complexity index is 1250. The van der Waals surface area contributed by atoms with Gasteiger partial charge in [0.1, 0.15) is 0 Å². The second-order valence-corrected chi connectivity index (χ2v) is 7.45. The zero-order valence-electron chi connectivity index (χ0n) is 17.6. The van der Waals surface area contributed by atoms with Crippen LogP contribution in [-0.4, -0.2) is 24.9 Å². The van der Waals surface area contributed by atoms with Crippen LogP contribution in [0.1, 0.15) is 35.4 Å². The average molecular weight is 469 g/mol. The van der Waals surface area contributed by atoms with Gasteiger partial charge in [-0.3, -0.25) is 0 Å². The van der Waals surface area contributed by atoms with Crippen LogP contribution in [0.4, 0.5) is 0 Å². The molecule has 163 valence electrons. The zero-order valence-corrected chi connectivity index (χ0v) is 18.5. The summed E-state index contributed by atoms with van der Waals surface area (Å²) in [6, 6.07) is 20.5. The SMILES string of the molecule is C1=Cc2cc3ccc(cc4nc(cc5ccc(cc1n2)[nH]5)C=C4)[nH]3.CCc1ccc[nH]1.[Cu]. The number of nitrogens with one attached hydrogen (secondary N) is 3. The molecule has 6 rings (SSSR count). The molecular weight excluding hydrogens is 446 g/mol. The molecule has 1 radical (unpaired) electrons.